The first kappa shape index (κ1) is 21.4. The van der Waals surface area contributed by atoms with Gasteiger partial charge in [-0.25, -0.2) is 0 Å². The Morgan fingerprint density at radius 1 is 1.12 bits per heavy atom. The number of benzene rings is 1. The molecule has 2 N–H and O–H groups in total. The van der Waals surface area contributed by atoms with Crippen LogP contribution in [0.25, 0.3) is 0 Å². The number of carbonyl (C=O) groups is 3. The second-order valence-electron chi connectivity index (χ2n) is 5.90. The second kappa shape index (κ2) is 9.75. The molecule has 0 saturated heterocycles. The molecule has 6 nitrogen and oxygen atoms in total. The fourth-order valence-electron chi connectivity index (χ4n) is 2.67. The average Bonchev–Trinajstić information content (AvgIpc) is 2.57. The molecule has 25 heavy (non-hydrogen) atoms. The monoisotopic (exact) mass is 352 g/mol. The summed E-state index contributed by atoms with van der Waals surface area (Å²) in [4.78, 5) is 35.2. The number of carboxylic acid groups (broad SMARTS) is 1. The van der Waals surface area contributed by atoms with Gasteiger partial charge in [0.25, 0.3) is 0 Å². The molecule has 2 rings (SSSR count). The first-order chi connectivity index (χ1) is 11.4. The van der Waals surface area contributed by atoms with Gasteiger partial charge < -0.3 is 20.5 Å². The number of anilines is 2. The quantitative estimate of drug-likeness (QED) is 0.504. The maximum absolute atomic E-state index is 12.5. The van der Waals surface area contributed by atoms with Gasteiger partial charge in [0.2, 0.25) is 11.8 Å². The van der Waals surface area contributed by atoms with Crippen LogP contribution in [0.1, 0.15) is 31.7 Å². The third kappa shape index (κ3) is 5.70. The summed E-state index contributed by atoms with van der Waals surface area (Å²) < 4.78 is 0. The maximum atomic E-state index is 12.5. The summed E-state index contributed by atoms with van der Waals surface area (Å²) >= 11 is 0. The molecule has 7 heteroatoms. The molecule has 0 fully saturated rings. The van der Waals surface area contributed by atoms with Crippen molar-refractivity contribution in [2.24, 2.45) is 11.8 Å². The summed E-state index contributed by atoms with van der Waals surface area (Å²) in [6, 6.07) is 5.22. The zero-order valence-electron chi connectivity index (χ0n) is 14.8. The Labute approximate surface area is 169 Å². The van der Waals surface area contributed by atoms with Crippen LogP contribution in [-0.4, -0.2) is 17.8 Å². The van der Waals surface area contributed by atoms with Crippen LogP contribution in [0.2, 0.25) is 0 Å². The zero-order chi connectivity index (χ0) is 17.7. The summed E-state index contributed by atoms with van der Waals surface area (Å²) in [5.74, 6) is -3.16. The van der Waals surface area contributed by atoms with Gasteiger partial charge in [-0.2, -0.15) is 0 Å². The summed E-state index contributed by atoms with van der Waals surface area (Å²) in [6.07, 6.45) is 4.60. The van der Waals surface area contributed by atoms with E-state index in [0.717, 1.165) is 5.56 Å². The van der Waals surface area contributed by atoms with Crippen molar-refractivity contribution >= 4 is 29.2 Å². The largest absolute Gasteiger partial charge is 1.00 e. The number of amides is 2. The van der Waals surface area contributed by atoms with E-state index >= 15 is 0 Å². The Balaban J connectivity index is 0.00000312. The molecule has 2 amide bonds. The van der Waals surface area contributed by atoms with Gasteiger partial charge in [-0.3, -0.25) is 9.59 Å². The van der Waals surface area contributed by atoms with Crippen LogP contribution in [0.15, 0.2) is 30.4 Å². The molecule has 0 saturated carbocycles. The predicted octanol–water partition coefficient (Wildman–Crippen LogP) is -1.38. The Morgan fingerprint density at radius 3 is 2.36 bits per heavy atom. The van der Waals surface area contributed by atoms with E-state index in [0.29, 0.717) is 30.6 Å². The normalized spacial score (nSPS) is 18.8. The molecular formula is C18H21N2NaO4. The van der Waals surface area contributed by atoms with Crippen molar-refractivity contribution in [3.05, 3.63) is 35.9 Å². The number of aliphatic carboxylic acids is 1. The molecular weight excluding hydrogens is 331 g/mol. The Kier molecular flexibility index (Phi) is 8.35. The summed E-state index contributed by atoms with van der Waals surface area (Å²) in [6.45, 7) is 3.58. The molecule has 0 aliphatic heterocycles. The Hall–Kier alpha value is -1.63. The van der Waals surface area contributed by atoms with Crippen molar-refractivity contribution in [1.82, 2.24) is 0 Å². The molecule has 2 atom stereocenters. The molecule has 1 aliphatic rings. The van der Waals surface area contributed by atoms with Crippen LogP contribution in [0.4, 0.5) is 11.4 Å². The van der Waals surface area contributed by atoms with Crippen molar-refractivity contribution < 1.29 is 49.0 Å². The molecule has 1 aromatic carbocycles. The molecule has 0 radical (unpaired) electrons. The van der Waals surface area contributed by atoms with Gasteiger partial charge in [0, 0.05) is 29.7 Å². The van der Waals surface area contributed by atoms with Crippen molar-refractivity contribution in [2.75, 3.05) is 10.6 Å². The minimum Gasteiger partial charge on any atom is -0.550 e. The third-order valence-corrected chi connectivity index (χ3v) is 4.17. The number of allylic oxidation sites excluding steroid dienone is 2. The van der Waals surface area contributed by atoms with Crippen LogP contribution in [0, 0.1) is 18.8 Å². The minimum atomic E-state index is -1.21. The number of carboxylic acids is 1. The fourth-order valence-corrected chi connectivity index (χ4v) is 2.67. The van der Waals surface area contributed by atoms with E-state index in [9.17, 15) is 19.5 Å². The number of hydrogen-bond acceptors (Lipinski definition) is 4. The van der Waals surface area contributed by atoms with Crippen molar-refractivity contribution in [3.8, 4) is 0 Å². The van der Waals surface area contributed by atoms with Gasteiger partial charge >= 0.3 is 29.6 Å². The van der Waals surface area contributed by atoms with E-state index in [-0.39, 0.29) is 41.4 Å². The predicted molar refractivity (Wildman–Crippen MR) is 89.1 cm³/mol. The van der Waals surface area contributed by atoms with Crippen LogP contribution >= 0.6 is 0 Å². The van der Waals surface area contributed by atoms with Gasteiger partial charge in [0.05, 0.1) is 5.92 Å². The molecule has 1 aromatic rings. The van der Waals surface area contributed by atoms with E-state index in [2.05, 4.69) is 10.6 Å². The fraction of sp³-hybridized carbons (Fsp3) is 0.389. The van der Waals surface area contributed by atoms with Gasteiger partial charge in [-0.1, -0.05) is 25.1 Å². The van der Waals surface area contributed by atoms with Crippen molar-refractivity contribution in [3.63, 3.8) is 0 Å². The van der Waals surface area contributed by atoms with Crippen LogP contribution in [0.5, 0.6) is 0 Å². The van der Waals surface area contributed by atoms with E-state index in [4.69, 9.17) is 0 Å². The molecule has 0 bridgehead atoms. The van der Waals surface area contributed by atoms with Crippen LogP contribution < -0.4 is 45.3 Å². The third-order valence-electron chi connectivity index (χ3n) is 4.17. The Morgan fingerprint density at radius 2 is 1.76 bits per heavy atom. The average molecular weight is 352 g/mol. The zero-order valence-corrected chi connectivity index (χ0v) is 16.8. The maximum Gasteiger partial charge on any atom is 1.00 e. The number of carbonyl (C=O) groups excluding carboxylic acids is 3. The molecule has 0 spiro atoms. The van der Waals surface area contributed by atoms with Crippen LogP contribution in [0.3, 0.4) is 0 Å². The molecule has 1 aliphatic carbocycles. The topological polar surface area (TPSA) is 98.3 Å². The standard InChI is InChI=1S/C18H22N2O4.Na/c1-3-16(21)19-12-9-8-11(2)15(10-12)20-17(22)13-6-4-5-7-14(13)18(23)24;/h4-5,8-10,13-14H,3,6-7H2,1-2H3,(H,19,21)(H,20,22)(H,23,24);/q;+1/p-1/t13-,14+;/m1./s1. The Bertz CT molecular complexity index is 688. The summed E-state index contributed by atoms with van der Waals surface area (Å²) in [5, 5.41) is 16.7. The van der Waals surface area contributed by atoms with Gasteiger partial charge in [0.1, 0.15) is 0 Å². The van der Waals surface area contributed by atoms with Crippen molar-refractivity contribution in [2.45, 2.75) is 33.1 Å². The molecule has 0 aromatic heterocycles. The summed E-state index contributed by atoms with van der Waals surface area (Å²) in [7, 11) is 0. The van der Waals surface area contributed by atoms with Gasteiger partial charge in [0.15, 0.2) is 0 Å². The van der Waals surface area contributed by atoms with Gasteiger partial charge in [-0.05, 0) is 37.5 Å². The van der Waals surface area contributed by atoms with Crippen LogP contribution in [-0.2, 0) is 14.4 Å². The van der Waals surface area contributed by atoms with Gasteiger partial charge in [-0.15, -0.1) is 0 Å². The first-order valence-electron chi connectivity index (χ1n) is 7.99. The van der Waals surface area contributed by atoms with Crippen molar-refractivity contribution in [1.29, 1.82) is 0 Å². The minimum absolute atomic E-state index is 0. The van der Waals surface area contributed by atoms with E-state index in [1.807, 2.05) is 13.0 Å². The summed E-state index contributed by atoms with van der Waals surface area (Å²) in [5.41, 5.74) is 1.97. The number of nitrogens with one attached hydrogen (secondary N) is 2. The SMILES string of the molecule is CCC(=O)Nc1ccc(C)c(NC(=O)[C@@H]2CC=CC[C@@H]2C(=O)[O-])c1.[Na+]. The first-order valence-corrected chi connectivity index (χ1v) is 7.99. The number of aryl methyl sites for hydroxylation is 1. The molecule has 128 valence electrons. The smallest absolute Gasteiger partial charge is 0.550 e. The molecule has 0 heterocycles. The second-order valence-corrected chi connectivity index (χ2v) is 5.90. The molecule has 0 unspecified atom stereocenters. The van der Waals surface area contributed by atoms with E-state index in [1.165, 1.54) is 0 Å². The van der Waals surface area contributed by atoms with E-state index < -0.39 is 17.8 Å². The van der Waals surface area contributed by atoms with E-state index in [1.54, 1.807) is 31.2 Å². The number of rotatable bonds is 5. The number of hydrogen-bond donors (Lipinski definition) is 2.